The molecule has 0 spiro atoms. The van der Waals surface area contributed by atoms with Crippen molar-refractivity contribution in [2.45, 2.75) is 19.8 Å². The van der Waals surface area contributed by atoms with Gasteiger partial charge >= 0.3 is 0 Å². The van der Waals surface area contributed by atoms with E-state index in [1.807, 2.05) is 6.20 Å². The molecule has 1 radical (unpaired) electrons. The van der Waals surface area contributed by atoms with Crippen molar-refractivity contribution in [1.82, 2.24) is 4.98 Å². The van der Waals surface area contributed by atoms with E-state index in [9.17, 15) is 0 Å². The molecule has 49 valence electrons. The number of nitrogens with zero attached hydrogens (tertiary/aromatic N) is 1. The average molecular weight is 140 g/mol. The minimum Gasteiger partial charge on any atom is -0.249 e. The van der Waals surface area contributed by atoms with Gasteiger partial charge in [-0.2, -0.15) is 0 Å². The van der Waals surface area contributed by atoms with Gasteiger partial charge in [0.05, 0.1) is 5.01 Å². The standard InChI is InChI=1S/C7H10NS/c1-5(2)7-8-4-6(3)9-7/h4-5H,3H2,1-2H3. The summed E-state index contributed by atoms with van der Waals surface area (Å²) in [4.78, 5) is 5.23. The molecule has 0 unspecified atom stereocenters. The molecule has 0 aliphatic heterocycles. The molecule has 1 rings (SSSR count). The molecule has 0 aliphatic rings. The number of hydrogen-bond donors (Lipinski definition) is 0. The highest BCUT2D eigenvalue weighted by Gasteiger charge is 2.01. The molecule has 9 heavy (non-hydrogen) atoms. The first-order valence-electron chi connectivity index (χ1n) is 2.98. The summed E-state index contributed by atoms with van der Waals surface area (Å²) in [5.74, 6) is 0.547. The molecule has 0 aliphatic carbocycles. The molecule has 0 N–H and O–H groups in total. The van der Waals surface area contributed by atoms with Crippen LogP contribution in [-0.4, -0.2) is 4.98 Å². The van der Waals surface area contributed by atoms with Gasteiger partial charge in [0.2, 0.25) is 0 Å². The molecule has 1 nitrogen and oxygen atoms in total. The fourth-order valence-electron chi connectivity index (χ4n) is 0.590. The second-order valence-electron chi connectivity index (χ2n) is 2.32. The maximum atomic E-state index is 4.17. The van der Waals surface area contributed by atoms with Crippen LogP contribution in [-0.2, 0) is 0 Å². The van der Waals surface area contributed by atoms with E-state index in [1.165, 1.54) is 5.01 Å². The van der Waals surface area contributed by atoms with Crippen LogP contribution in [0.25, 0.3) is 0 Å². The van der Waals surface area contributed by atoms with Gasteiger partial charge in [-0.25, -0.2) is 4.98 Å². The predicted molar refractivity (Wildman–Crippen MR) is 40.7 cm³/mol. The quantitative estimate of drug-likeness (QED) is 0.584. The van der Waals surface area contributed by atoms with Gasteiger partial charge in [0.1, 0.15) is 0 Å². The lowest BCUT2D eigenvalue weighted by Crippen LogP contribution is -1.81. The molecule has 0 saturated heterocycles. The zero-order valence-corrected chi connectivity index (χ0v) is 6.53. The minimum atomic E-state index is 0.547. The van der Waals surface area contributed by atoms with Gasteiger partial charge in [0, 0.05) is 17.0 Å². The average Bonchev–Trinajstić information content (AvgIpc) is 2.14. The van der Waals surface area contributed by atoms with Crippen LogP contribution in [0.15, 0.2) is 6.20 Å². The number of aromatic nitrogens is 1. The molecular formula is C7H10NS. The molecule has 1 aromatic heterocycles. The Morgan fingerprint density at radius 2 is 2.33 bits per heavy atom. The van der Waals surface area contributed by atoms with Crippen LogP contribution < -0.4 is 0 Å². The lowest BCUT2D eigenvalue weighted by molar-refractivity contribution is 0.852. The third-order valence-electron chi connectivity index (χ3n) is 1.07. The summed E-state index contributed by atoms with van der Waals surface area (Å²) in [6.07, 6.45) is 1.82. The van der Waals surface area contributed by atoms with Crippen molar-refractivity contribution in [3.63, 3.8) is 0 Å². The van der Waals surface area contributed by atoms with Gasteiger partial charge in [0.15, 0.2) is 0 Å². The first kappa shape index (κ1) is 6.75. The maximum Gasteiger partial charge on any atom is 0.0953 e. The molecule has 2 heteroatoms. The summed E-state index contributed by atoms with van der Waals surface area (Å²) in [6.45, 7) is 8.05. The van der Waals surface area contributed by atoms with E-state index >= 15 is 0 Å². The summed E-state index contributed by atoms with van der Waals surface area (Å²) in [7, 11) is 0. The van der Waals surface area contributed by atoms with Gasteiger partial charge in [-0.1, -0.05) is 13.8 Å². The first-order valence-corrected chi connectivity index (χ1v) is 3.79. The lowest BCUT2D eigenvalue weighted by atomic mass is 10.2. The lowest BCUT2D eigenvalue weighted by Gasteiger charge is -1.94. The van der Waals surface area contributed by atoms with Gasteiger partial charge in [0.25, 0.3) is 0 Å². The summed E-state index contributed by atoms with van der Waals surface area (Å²) in [5.41, 5.74) is 0. The highest BCUT2D eigenvalue weighted by Crippen LogP contribution is 2.19. The van der Waals surface area contributed by atoms with E-state index in [2.05, 4.69) is 25.8 Å². The fourth-order valence-corrected chi connectivity index (χ4v) is 1.30. The smallest absolute Gasteiger partial charge is 0.0953 e. The highest BCUT2D eigenvalue weighted by molar-refractivity contribution is 7.11. The zero-order chi connectivity index (χ0) is 6.85. The molecule has 1 heterocycles. The Kier molecular flexibility index (Phi) is 1.86. The Morgan fingerprint density at radius 1 is 1.67 bits per heavy atom. The number of thiazole rings is 1. The Hall–Kier alpha value is -0.370. The van der Waals surface area contributed by atoms with E-state index in [0.29, 0.717) is 5.92 Å². The normalized spacial score (nSPS) is 10.7. The van der Waals surface area contributed by atoms with E-state index in [4.69, 9.17) is 0 Å². The SMILES string of the molecule is [CH2]c1cnc(C(C)C)s1. The maximum absolute atomic E-state index is 4.17. The molecule has 0 atom stereocenters. The molecule has 0 amide bonds. The van der Waals surface area contributed by atoms with Crippen molar-refractivity contribution in [2.75, 3.05) is 0 Å². The topological polar surface area (TPSA) is 12.9 Å². The summed E-state index contributed by atoms with van der Waals surface area (Å²) in [6, 6.07) is 0. The highest BCUT2D eigenvalue weighted by atomic mass is 32.1. The Balaban J connectivity index is 2.85. The Labute approximate surface area is 59.8 Å². The largest absolute Gasteiger partial charge is 0.249 e. The van der Waals surface area contributed by atoms with Crippen LogP contribution in [0.1, 0.15) is 29.7 Å². The third-order valence-corrected chi connectivity index (χ3v) is 2.22. The van der Waals surface area contributed by atoms with Crippen LogP contribution in [0, 0.1) is 6.92 Å². The first-order chi connectivity index (χ1) is 4.20. The van der Waals surface area contributed by atoms with Gasteiger partial charge < -0.3 is 0 Å². The van der Waals surface area contributed by atoms with Gasteiger partial charge in [-0.3, -0.25) is 0 Å². The molecule has 0 bridgehead atoms. The number of hydrogen-bond acceptors (Lipinski definition) is 2. The molecule has 0 saturated carbocycles. The number of rotatable bonds is 1. The van der Waals surface area contributed by atoms with Crippen molar-refractivity contribution in [2.24, 2.45) is 0 Å². The predicted octanol–water partition coefficient (Wildman–Crippen LogP) is 2.45. The van der Waals surface area contributed by atoms with Crippen LogP contribution in [0.3, 0.4) is 0 Å². The molecule has 0 fully saturated rings. The zero-order valence-electron chi connectivity index (χ0n) is 5.72. The Bertz CT molecular complexity index is 191. The monoisotopic (exact) mass is 140 g/mol. The van der Waals surface area contributed by atoms with Gasteiger partial charge in [-0.15, -0.1) is 11.3 Å². The Morgan fingerprint density at radius 3 is 2.56 bits per heavy atom. The van der Waals surface area contributed by atoms with Crippen LogP contribution in [0.5, 0.6) is 0 Å². The van der Waals surface area contributed by atoms with E-state index < -0.39 is 0 Å². The van der Waals surface area contributed by atoms with Crippen molar-refractivity contribution < 1.29 is 0 Å². The van der Waals surface area contributed by atoms with Crippen LogP contribution in [0.4, 0.5) is 0 Å². The van der Waals surface area contributed by atoms with Crippen molar-refractivity contribution >= 4 is 11.3 Å². The molecule has 1 aromatic rings. The van der Waals surface area contributed by atoms with Crippen molar-refractivity contribution in [1.29, 1.82) is 0 Å². The van der Waals surface area contributed by atoms with E-state index in [0.717, 1.165) is 4.88 Å². The van der Waals surface area contributed by atoms with E-state index in [1.54, 1.807) is 11.3 Å². The molecule has 0 aromatic carbocycles. The second-order valence-corrected chi connectivity index (χ2v) is 3.47. The van der Waals surface area contributed by atoms with Crippen LogP contribution in [0.2, 0.25) is 0 Å². The van der Waals surface area contributed by atoms with Crippen molar-refractivity contribution in [3.05, 3.63) is 23.0 Å². The molecular weight excluding hydrogens is 130 g/mol. The third kappa shape index (κ3) is 1.52. The summed E-state index contributed by atoms with van der Waals surface area (Å²) < 4.78 is 0. The fraction of sp³-hybridized carbons (Fsp3) is 0.429. The van der Waals surface area contributed by atoms with Gasteiger partial charge in [-0.05, 0) is 6.92 Å². The van der Waals surface area contributed by atoms with Crippen molar-refractivity contribution in [3.8, 4) is 0 Å². The second kappa shape index (κ2) is 2.48. The van der Waals surface area contributed by atoms with Crippen LogP contribution >= 0.6 is 11.3 Å². The summed E-state index contributed by atoms with van der Waals surface area (Å²) >= 11 is 1.67. The van der Waals surface area contributed by atoms with E-state index in [-0.39, 0.29) is 0 Å². The summed E-state index contributed by atoms with van der Waals surface area (Å²) in [5, 5.41) is 1.18. The minimum absolute atomic E-state index is 0.547.